The van der Waals surface area contributed by atoms with Gasteiger partial charge in [0.15, 0.2) is 0 Å². The fourth-order valence-electron chi connectivity index (χ4n) is 3.28. The van der Waals surface area contributed by atoms with Crippen LogP contribution in [0.15, 0.2) is 42.7 Å². The number of carbonyl (C=O) groups excluding carboxylic acids is 2. The molecule has 136 valence electrons. The molecule has 0 bridgehead atoms. The van der Waals surface area contributed by atoms with Crippen LogP contribution in [0.25, 0.3) is 11.4 Å². The molecular formula is C19H23N5O2. The molecule has 1 aliphatic heterocycles. The molecule has 1 aromatic heterocycles. The maximum absolute atomic E-state index is 12.9. The van der Waals surface area contributed by atoms with Crippen molar-refractivity contribution in [2.24, 2.45) is 0 Å². The Hall–Kier alpha value is -2.67. The average molecular weight is 353 g/mol. The first-order valence-electron chi connectivity index (χ1n) is 9.09. The van der Waals surface area contributed by atoms with E-state index in [1.165, 1.54) is 0 Å². The molecule has 2 aromatic rings. The molecule has 1 unspecified atom stereocenters. The van der Waals surface area contributed by atoms with Crippen LogP contribution < -0.4 is 10.6 Å². The number of piperazine rings is 1. The third-order valence-electron chi connectivity index (χ3n) is 4.84. The molecular weight excluding hydrogens is 330 g/mol. The molecule has 7 heteroatoms. The van der Waals surface area contributed by atoms with Crippen molar-refractivity contribution in [1.82, 2.24) is 25.1 Å². The van der Waals surface area contributed by atoms with E-state index in [0.717, 1.165) is 24.2 Å². The Bertz CT molecular complexity index is 784. The van der Waals surface area contributed by atoms with E-state index in [1.807, 2.05) is 41.1 Å². The van der Waals surface area contributed by atoms with Crippen molar-refractivity contribution in [3.63, 3.8) is 0 Å². The lowest BCUT2D eigenvalue weighted by atomic mass is 10.1. The fraction of sp³-hybridized carbons (Fsp3) is 0.421. The second kappa shape index (κ2) is 7.29. The van der Waals surface area contributed by atoms with Crippen molar-refractivity contribution in [3.8, 4) is 11.4 Å². The Labute approximate surface area is 152 Å². The SMILES string of the molecule is O=C(NC1CC1)C1CNCCN1C(=O)Cn1ccnc1-c1ccccc1. The van der Waals surface area contributed by atoms with Crippen LogP contribution in [-0.4, -0.2) is 58.0 Å². The summed E-state index contributed by atoms with van der Waals surface area (Å²) in [5.41, 5.74) is 0.966. The van der Waals surface area contributed by atoms with E-state index in [9.17, 15) is 9.59 Å². The highest BCUT2D eigenvalue weighted by atomic mass is 16.2. The normalized spacial score (nSPS) is 20.0. The van der Waals surface area contributed by atoms with Gasteiger partial charge in [0.1, 0.15) is 18.4 Å². The molecule has 0 radical (unpaired) electrons. The summed E-state index contributed by atoms with van der Waals surface area (Å²) in [4.78, 5) is 31.5. The monoisotopic (exact) mass is 353 g/mol. The summed E-state index contributed by atoms with van der Waals surface area (Å²) in [6, 6.07) is 9.64. The molecule has 7 nitrogen and oxygen atoms in total. The molecule has 1 aliphatic carbocycles. The van der Waals surface area contributed by atoms with Gasteiger partial charge in [0.05, 0.1) is 0 Å². The number of amides is 2. The molecule has 2 aliphatic rings. The number of hydrogen-bond donors (Lipinski definition) is 2. The number of carbonyl (C=O) groups is 2. The van der Waals surface area contributed by atoms with Gasteiger partial charge >= 0.3 is 0 Å². The van der Waals surface area contributed by atoms with Crippen LogP contribution in [0.4, 0.5) is 0 Å². The third kappa shape index (κ3) is 3.62. The Morgan fingerprint density at radius 2 is 2.04 bits per heavy atom. The summed E-state index contributed by atoms with van der Waals surface area (Å²) in [5.74, 6) is 0.646. The first-order valence-corrected chi connectivity index (χ1v) is 9.09. The number of hydrogen-bond acceptors (Lipinski definition) is 4. The smallest absolute Gasteiger partial charge is 0.244 e. The number of benzene rings is 1. The zero-order chi connectivity index (χ0) is 17.9. The first kappa shape index (κ1) is 16.8. The predicted molar refractivity (Wildman–Crippen MR) is 97.2 cm³/mol. The minimum absolute atomic E-state index is 0.0537. The average Bonchev–Trinajstić information content (AvgIpc) is 3.37. The van der Waals surface area contributed by atoms with E-state index in [-0.39, 0.29) is 18.4 Å². The van der Waals surface area contributed by atoms with E-state index in [4.69, 9.17) is 0 Å². The Kier molecular flexibility index (Phi) is 4.71. The van der Waals surface area contributed by atoms with Crippen LogP contribution in [0.5, 0.6) is 0 Å². The molecule has 1 aromatic carbocycles. The highest BCUT2D eigenvalue weighted by Gasteiger charge is 2.35. The van der Waals surface area contributed by atoms with E-state index >= 15 is 0 Å². The first-order chi connectivity index (χ1) is 12.7. The predicted octanol–water partition coefficient (Wildman–Crippen LogP) is 0.629. The number of rotatable bonds is 5. The van der Waals surface area contributed by atoms with E-state index in [1.54, 1.807) is 11.1 Å². The maximum atomic E-state index is 12.9. The molecule has 4 rings (SSSR count). The van der Waals surface area contributed by atoms with Crippen molar-refractivity contribution in [3.05, 3.63) is 42.7 Å². The van der Waals surface area contributed by atoms with Crippen molar-refractivity contribution in [1.29, 1.82) is 0 Å². The van der Waals surface area contributed by atoms with Crippen LogP contribution in [0.2, 0.25) is 0 Å². The highest BCUT2D eigenvalue weighted by Crippen LogP contribution is 2.20. The summed E-state index contributed by atoms with van der Waals surface area (Å²) in [6.45, 7) is 1.92. The summed E-state index contributed by atoms with van der Waals surface area (Å²) in [5, 5.41) is 6.23. The number of imidazole rings is 1. The van der Waals surface area contributed by atoms with Gasteiger partial charge < -0.3 is 20.1 Å². The van der Waals surface area contributed by atoms with Gasteiger partial charge in [-0.15, -0.1) is 0 Å². The summed E-state index contributed by atoms with van der Waals surface area (Å²) in [6.07, 6.45) is 5.58. The molecule has 2 heterocycles. The standard InChI is InChI=1S/C19H23N5O2/c25-17(13-23-10-9-21-18(23)14-4-2-1-3-5-14)24-11-8-20-12-16(24)19(26)22-15-6-7-15/h1-5,9-10,15-16,20H,6-8,11-13H2,(H,22,26). The number of nitrogens with one attached hydrogen (secondary N) is 2. The molecule has 1 atom stereocenters. The molecule has 2 amide bonds. The van der Waals surface area contributed by atoms with Crippen LogP contribution in [0.3, 0.4) is 0 Å². The minimum atomic E-state index is -0.444. The lowest BCUT2D eigenvalue weighted by Gasteiger charge is -2.35. The molecule has 26 heavy (non-hydrogen) atoms. The summed E-state index contributed by atoms with van der Waals surface area (Å²) in [7, 11) is 0. The zero-order valence-electron chi connectivity index (χ0n) is 14.6. The third-order valence-corrected chi connectivity index (χ3v) is 4.84. The van der Waals surface area contributed by atoms with Gasteiger partial charge in [0.25, 0.3) is 0 Å². The second-order valence-corrected chi connectivity index (χ2v) is 6.83. The van der Waals surface area contributed by atoms with Crippen molar-refractivity contribution < 1.29 is 9.59 Å². The maximum Gasteiger partial charge on any atom is 0.244 e. The lowest BCUT2D eigenvalue weighted by molar-refractivity contribution is -0.142. The van der Waals surface area contributed by atoms with Gasteiger partial charge in [-0.05, 0) is 12.8 Å². The van der Waals surface area contributed by atoms with Crippen molar-refractivity contribution in [2.45, 2.75) is 31.5 Å². The van der Waals surface area contributed by atoms with Crippen LogP contribution in [0, 0.1) is 0 Å². The van der Waals surface area contributed by atoms with Crippen molar-refractivity contribution in [2.75, 3.05) is 19.6 Å². The highest BCUT2D eigenvalue weighted by molar-refractivity contribution is 5.88. The van der Waals surface area contributed by atoms with Crippen LogP contribution >= 0.6 is 0 Å². The van der Waals surface area contributed by atoms with Gasteiger partial charge in [-0.3, -0.25) is 9.59 Å². The lowest BCUT2D eigenvalue weighted by Crippen LogP contribution is -2.60. The van der Waals surface area contributed by atoms with Crippen molar-refractivity contribution >= 4 is 11.8 Å². The molecule has 1 saturated carbocycles. The Balaban J connectivity index is 1.48. The largest absolute Gasteiger partial charge is 0.352 e. The fourth-order valence-corrected chi connectivity index (χ4v) is 3.28. The molecule has 2 N–H and O–H groups in total. The van der Waals surface area contributed by atoms with Gasteiger partial charge in [-0.1, -0.05) is 30.3 Å². The number of aromatic nitrogens is 2. The quantitative estimate of drug-likeness (QED) is 0.826. The van der Waals surface area contributed by atoms with Gasteiger partial charge in [-0.25, -0.2) is 4.98 Å². The van der Waals surface area contributed by atoms with E-state index in [0.29, 0.717) is 25.7 Å². The number of nitrogens with zero attached hydrogens (tertiary/aromatic N) is 3. The van der Waals surface area contributed by atoms with Gasteiger partial charge in [-0.2, -0.15) is 0 Å². The summed E-state index contributed by atoms with van der Waals surface area (Å²) < 4.78 is 1.84. The van der Waals surface area contributed by atoms with Gasteiger partial charge in [0.2, 0.25) is 11.8 Å². The molecule has 1 saturated heterocycles. The summed E-state index contributed by atoms with van der Waals surface area (Å²) >= 11 is 0. The van der Waals surface area contributed by atoms with Crippen LogP contribution in [-0.2, 0) is 16.1 Å². The molecule has 2 fully saturated rings. The van der Waals surface area contributed by atoms with E-state index in [2.05, 4.69) is 15.6 Å². The minimum Gasteiger partial charge on any atom is -0.352 e. The topological polar surface area (TPSA) is 79.3 Å². The second-order valence-electron chi connectivity index (χ2n) is 6.83. The Morgan fingerprint density at radius 1 is 1.23 bits per heavy atom. The van der Waals surface area contributed by atoms with E-state index < -0.39 is 6.04 Å². The Morgan fingerprint density at radius 3 is 2.81 bits per heavy atom. The van der Waals surface area contributed by atoms with Gasteiger partial charge in [0, 0.05) is 43.6 Å². The molecule has 0 spiro atoms. The zero-order valence-corrected chi connectivity index (χ0v) is 14.6. The van der Waals surface area contributed by atoms with Crippen LogP contribution in [0.1, 0.15) is 12.8 Å².